The number of ether oxygens (including phenoxy) is 3. The highest BCUT2D eigenvalue weighted by Crippen LogP contribution is 2.42. The first-order valence-electron chi connectivity index (χ1n) is 8.29. The third-order valence-corrected chi connectivity index (χ3v) is 4.28. The maximum atomic E-state index is 13.7. The van der Waals surface area contributed by atoms with E-state index in [1.165, 1.54) is 33.5 Å². The Bertz CT molecular complexity index is 1080. The van der Waals surface area contributed by atoms with E-state index < -0.39 is 5.82 Å². The van der Waals surface area contributed by atoms with E-state index in [1.54, 1.807) is 30.3 Å². The summed E-state index contributed by atoms with van der Waals surface area (Å²) in [6.07, 6.45) is 0. The Morgan fingerprint density at radius 3 is 2.21 bits per heavy atom. The molecule has 0 aliphatic carbocycles. The van der Waals surface area contributed by atoms with Gasteiger partial charge in [0.1, 0.15) is 29.0 Å². The van der Waals surface area contributed by atoms with E-state index >= 15 is 0 Å². The van der Waals surface area contributed by atoms with Gasteiger partial charge in [0.05, 0.1) is 27.0 Å². The summed E-state index contributed by atoms with van der Waals surface area (Å²) in [7, 11) is 4.54. The number of pyridine rings is 1. The van der Waals surface area contributed by atoms with Crippen LogP contribution in [-0.2, 0) is 0 Å². The summed E-state index contributed by atoms with van der Waals surface area (Å²) in [6, 6.07) is 13.1. The lowest BCUT2D eigenvalue weighted by molar-refractivity contribution is 0.349. The Kier molecular flexibility index (Phi) is 5.32. The van der Waals surface area contributed by atoms with Crippen molar-refractivity contribution in [3.8, 4) is 45.7 Å². The van der Waals surface area contributed by atoms with Crippen molar-refractivity contribution in [1.29, 1.82) is 5.26 Å². The standard InChI is InChI=1S/C21H18FN3O3/c1-26-18-10-20(28-3)19(27-2)9-15(18)14-8-17(25-21(24)16(14)11-23)12-5-4-6-13(22)7-12/h4-10H,1-3H3,(H2,24,25). The molecule has 0 saturated carbocycles. The molecule has 3 aromatic rings. The Morgan fingerprint density at radius 2 is 1.61 bits per heavy atom. The van der Waals surface area contributed by atoms with Gasteiger partial charge in [-0.3, -0.25) is 0 Å². The zero-order valence-corrected chi connectivity index (χ0v) is 15.6. The van der Waals surface area contributed by atoms with Crippen molar-refractivity contribution < 1.29 is 18.6 Å². The van der Waals surface area contributed by atoms with Crippen molar-refractivity contribution in [3.05, 3.63) is 53.8 Å². The Labute approximate surface area is 161 Å². The van der Waals surface area contributed by atoms with Gasteiger partial charge in [0.2, 0.25) is 0 Å². The van der Waals surface area contributed by atoms with Crippen LogP contribution in [0.15, 0.2) is 42.5 Å². The Balaban J connectivity index is 2.31. The average molecular weight is 379 g/mol. The summed E-state index contributed by atoms with van der Waals surface area (Å²) in [5.74, 6) is 1.05. The monoisotopic (exact) mass is 379 g/mol. The van der Waals surface area contributed by atoms with Gasteiger partial charge >= 0.3 is 0 Å². The molecule has 0 spiro atoms. The minimum Gasteiger partial charge on any atom is -0.496 e. The predicted molar refractivity (Wildman–Crippen MR) is 104 cm³/mol. The van der Waals surface area contributed by atoms with Crippen LogP contribution in [0, 0.1) is 17.1 Å². The number of halogens is 1. The number of methoxy groups -OCH3 is 3. The van der Waals surface area contributed by atoms with Crippen LogP contribution >= 0.6 is 0 Å². The van der Waals surface area contributed by atoms with E-state index in [4.69, 9.17) is 19.9 Å². The SMILES string of the molecule is COc1cc(OC)c(-c2cc(-c3cccc(F)c3)nc(N)c2C#N)cc1OC. The van der Waals surface area contributed by atoms with Gasteiger partial charge < -0.3 is 19.9 Å². The molecule has 0 radical (unpaired) electrons. The van der Waals surface area contributed by atoms with Crippen molar-refractivity contribution in [1.82, 2.24) is 4.98 Å². The second-order valence-electron chi connectivity index (χ2n) is 5.84. The van der Waals surface area contributed by atoms with Crippen LogP contribution in [0.3, 0.4) is 0 Å². The van der Waals surface area contributed by atoms with Gasteiger partial charge in [0.25, 0.3) is 0 Å². The van der Waals surface area contributed by atoms with E-state index in [-0.39, 0.29) is 11.4 Å². The zero-order chi connectivity index (χ0) is 20.3. The second-order valence-corrected chi connectivity index (χ2v) is 5.84. The maximum Gasteiger partial charge on any atom is 0.164 e. The molecule has 0 aliphatic rings. The van der Waals surface area contributed by atoms with Crippen LogP contribution in [0.5, 0.6) is 17.2 Å². The number of nitrogens with zero attached hydrogens (tertiary/aromatic N) is 2. The van der Waals surface area contributed by atoms with Gasteiger partial charge in [-0.25, -0.2) is 9.37 Å². The lowest BCUT2D eigenvalue weighted by Gasteiger charge is -2.16. The molecule has 0 aliphatic heterocycles. The van der Waals surface area contributed by atoms with Crippen molar-refractivity contribution in [2.45, 2.75) is 0 Å². The first kappa shape index (κ1) is 19.0. The number of aromatic nitrogens is 1. The molecule has 6 nitrogen and oxygen atoms in total. The largest absolute Gasteiger partial charge is 0.496 e. The third kappa shape index (κ3) is 3.40. The molecule has 0 amide bonds. The normalized spacial score (nSPS) is 10.2. The smallest absolute Gasteiger partial charge is 0.164 e. The van der Waals surface area contributed by atoms with E-state index in [0.29, 0.717) is 39.6 Å². The fourth-order valence-corrected chi connectivity index (χ4v) is 2.93. The molecule has 2 aromatic carbocycles. The minimum absolute atomic E-state index is 0.0381. The van der Waals surface area contributed by atoms with E-state index in [2.05, 4.69) is 11.1 Å². The molecule has 1 heterocycles. The molecule has 3 rings (SSSR count). The van der Waals surface area contributed by atoms with Crippen molar-refractivity contribution in [3.63, 3.8) is 0 Å². The first-order valence-corrected chi connectivity index (χ1v) is 8.29. The van der Waals surface area contributed by atoms with Crippen LogP contribution in [0.1, 0.15) is 5.56 Å². The number of hydrogen-bond acceptors (Lipinski definition) is 6. The van der Waals surface area contributed by atoms with Gasteiger partial charge in [-0.2, -0.15) is 5.26 Å². The molecule has 1 aromatic heterocycles. The highest BCUT2D eigenvalue weighted by atomic mass is 19.1. The number of nitrogens with two attached hydrogens (primary N) is 1. The fourth-order valence-electron chi connectivity index (χ4n) is 2.93. The molecule has 7 heteroatoms. The fraction of sp³-hybridized carbons (Fsp3) is 0.143. The molecular formula is C21H18FN3O3. The molecule has 0 bridgehead atoms. The summed E-state index contributed by atoms with van der Waals surface area (Å²) >= 11 is 0. The topological polar surface area (TPSA) is 90.4 Å². The number of nitrogen functional groups attached to an aromatic ring is 1. The summed E-state index contributed by atoms with van der Waals surface area (Å²) in [4.78, 5) is 4.27. The molecule has 0 saturated heterocycles. The molecule has 0 fully saturated rings. The Morgan fingerprint density at radius 1 is 0.929 bits per heavy atom. The lowest BCUT2D eigenvalue weighted by atomic mass is 9.97. The van der Waals surface area contributed by atoms with Crippen LogP contribution in [0.4, 0.5) is 10.2 Å². The summed E-state index contributed by atoms with van der Waals surface area (Å²) in [5.41, 5.74) is 8.26. The number of hydrogen-bond donors (Lipinski definition) is 1. The second kappa shape index (κ2) is 7.84. The average Bonchev–Trinajstić information content (AvgIpc) is 2.72. The summed E-state index contributed by atoms with van der Waals surface area (Å²) in [6.45, 7) is 0. The Hall–Kier alpha value is -3.79. The summed E-state index contributed by atoms with van der Waals surface area (Å²) in [5, 5.41) is 9.63. The number of rotatable bonds is 5. The molecular weight excluding hydrogens is 361 g/mol. The minimum atomic E-state index is -0.396. The van der Waals surface area contributed by atoms with Crippen molar-refractivity contribution >= 4 is 5.82 Å². The first-order chi connectivity index (χ1) is 13.5. The van der Waals surface area contributed by atoms with Crippen molar-refractivity contribution in [2.75, 3.05) is 27.1 Å². The molecule has 0 unspecified atom stereocenters. The highest BCUT2D eigenvalue weighted by molar-refractivity contribution is 5.84. The van der Waals surface area contributed by atoms with Gasteiger partial charge in [-0.15, -0.1) is 0 Å². The van der Waals surface area contributed by atoms with E-state index in [0.717, 1.165) is 0 Å². The number of benzene rings is 2. The molecule has 28 heavy (non-hydrogen) atoms. The summed E-state index contributed by atoms with van der Waals surface area (Å²) < 4.78 is 29.8. The van der Waals surface area contributed by atoms with Crippen LogP contribution in [0.25, 0.3) is 22.4 Å². The third-order valence-electron chi connectivity index (χ3n) is 4.28. The van der Waals surface area contributed by atoms with E-state index in [1.807, 2.05) is 0 Å². The number of anilines is 1. The van der Waals surface area contributed by atoms with Gasteiger partial charge in [0, 0.05) is 22.8 Å². The van der Waals surface area contributed by atoms with Gasteiger partial charge in [-0.1, -0.05) is 12.1 Å². The van der Waals surface area contributed by atoms with Crippen molar-refractivity contribution in [2.24, 2.45) is 0 Å². The van der Waals surface area contributed by atoms with Gasteiger partial charge in [-0.05, 0) is 24.3 Å². The zero-order valence-electron chi connectivity index (χ0n) is 15.6. The van der Waals surface area contributed by atoms with Gasteiger partial charge in [0.15, 0.2) is 11.5 Å². The quantitative estimate of drug-likeness (QED) is 0.720. The number of nitriles is 1. The van der Waals surface area contributed by atoms with E-state index in [9.17, 15) is 9.65 Å². The molecule has 0 atom stereocenters. The highest BCUT2D eigenvalue weighted by Gasteiger charge is 2.19. The maximum absolute atomic E-state index is 13.7. The lowest BCUT2D eigenvalue weighted by Crippen LogP contribution is -2.01. The van der Waals surface area contributed by atoms with Crippen LogP contribution in [-0.4, -0.2) is 26.3 Å². The molecule has 142 valence electrons. The predicted octanol–water partition coefficient (Wildman–Crippen LogP) is 4.03. The van der Waals surface area contributed by atoms with Crippen LogP contribution in [0.2, 0.25) is 0 Å². The van der Waals surface area contributed by atoms with Crippen LogP contribution < -0.4 is 19.9 Å². The molecule has 2 N–H and O–H groups in total.